The van der Waals surface area contributed by atoms with E-state index >= 15 is 0 Å². The molecule has 0 spiro atoms. The molecule has 0 bridgehead atoms. The van der Waals surface area contributed by atoms with Gasteiger partial charge in [0.25, 0.3) is 10.0 Å². The van der Waals surface area contributed by atoms with E-state index in [0.29, 0.717) is 48.1 Å². The fourth-order valence-electron chi connectivity index (χ4n) is 5.13. The zero-order valence-corrected chi connectivity index (χ0v) is 25.3. The Morgan fingerprint density at radius 1 is 1.02 bits per heavy atom. The first-order valence-corrected chi connectivity index (χ1v) is 15.9. The fraction of sp³-hybridized carbons (Fsp3) is 0.448. The van der Waals surface area contributed by atoms with Crippen LogP contribution in [0.2, 0.25) is 0 Å². The maximum absolute atomic E-state index is 12.6. The Morgan fingerprint density at radius 2 is 1.81 bits per heavy atom. The van der Waals surface area contributed by atoms with Gasteiger partial charge in [0.05, 0.1) is 52.6 Å². The third-order valence-electron chi connectivity index (χ3n) is 7.72. The van der Waals surface area contributed by atoms with Crippen molar-refractivity contribution in [3.8, 4) is 22.6 Å². The van der Waals surface area contributed by atoms with E-state index in [0.717, 1.165) is 46.7 Å². The first kappa shape index (κ1) is 29.1. The molecule has 2 aliphatic carbocycles. The molecule has 4 aromatic rings. The van der Waals surface area contributed by atoms with Crippen LogP contribution in [0.5, 0.6) is 0 Å². The minimum absolute atomic E-state index is 0.185. The van der Waals surface area contributed by atoms with Crippen molar-refractivity contribution >= 4 is 27.3 Å². The summed E-state index contributed by atoms with van der Waals surface area (Å²) in [6.07, 6.45) is 14.2. The molecule has 43 heavy (non-hydrogen) atoms. The molecule has 0 saturated heterocycles. The lowest BCUT2D eigenvalue weighted by molar-refractivity contribution is 0.0196. The van der Waals surface area contributed by atoms with E-state index in [4.69, 9.17) is 0 Å². The molecule has 4 aromatic heterocycles. The van der Waals surface area contributed by atoms with Crippen LogP contribution in [0.1, 0.15) is 51.1 Å². The molecular formula is C29H36N10O3S. The summed E-state index contributed by atoms with van der Waals surface area (Å²) < 4.78 is 26.1. The van der Waals surface area contributed by atoms with Crippen molar-refractivity contribution in [3.63, 3.8) is 0 Å². The van der Waals surface area contributed by atoms with Gasteiger partial charge in [-0.15, -0.1) is 0 Å². The number of aliphatic hydroxyl groups is 1. The van der Waals surface area contributed by atoms with Crippen LogP contribution in [0.3, 0.4) is 0 Å². The Bertz CT molecular complexity index is 1690. The van der Waals surface area contributed by atoms with Gasteiger partial charge in [0.15, 0.2) is 5.82 Å². The lowest BCUT2D eigenvalue weighted by Crippen LogP contribution is -2.35. The SMILES string of the molecule is CN(C)Cc1cnc(-c2cnc(Nc3ccnc(-c4cnn(S(=O)(=O)C5CC5)c4)n3)cc2NC2CCC(C)(O)CC2)cn1. The second kappa shape index (κ2) is 11.6. The topological polar surface area (TPSA) is 164 Å². The highest BCUT2D eigenvalue weighted by Gasteiger charge is 2.37. The Kier molecular flexibility index (Phi) is 7.83. The minimum Gasteiger partial charge on any atom is -0.390 e. The first-order valence-electron chi connectivity index (χ1n) is 14.4. The molecule has 2 fully saturated rings. The van der Waals surface area contributed by atoms with Crippen LogP contribution in [0, 0.1) is 0 Å². The predicted molar refractivity (Wildman–Crippen MR) is 163 cm³/mol. The van der Waals surface area contributed by atoms with E-state index < -0.39 is 15.6 Å². The van der Waals surface area contributed by atoms with Gasteiger partial charge in [0.1, 0.15) is 11.6 Å². The molecule has 0 aromatic carbocycles. The van der Waals surface area contributed by atoms with Crippen LogP contribution in [0.4, 0.5) is 17.3 Å². The van der Waals surface area contributed by atoms with E-state index in [1.807, 2.05) is 32.0 Å². The molecule has 14 heteroatoms. The van der Waals surface area contributed by atoms with E-state index in [1.54, 1.807) is 30.9 Å². The van der Waals surface area contributed by atoms with Crippen LogP contribution in [0.25, 0.3) is 22.6 Å². The minimum atomic E-state index is -3.48. The smallest absolute Gasteiger partial charge is 0.256 e. The van der Waals surface area contributed by atoms with Crippen molar-refractivity contribution in [2.24, 2.45) is 0 Å². The van der Waals surface area contributed by atoms with Gasteiger partial charge < -0.3 is 20.6 Å². The van der Waals surface area contributed by atoms with Gasteiger partial charge in [0, 0.05) is 42.3 Å². The third-order valence-corrected chi connectivity index (χ3v) is 9.76. The second-order valence-electron chi connectivity index (χ2n) is 11.9. The second-order valence-corrected chi connectivity index (χ2v) is 14.0. The Hall–Kier alpha value is -4.01. The average molecular weight is 605 g/mol. The molecule has 2 aliphatic rings. The number of hydrogen-bond donors (Lipinski definition) is 3. The van der Waals surface area contributed by atoms with Crippen molar-refractivity contribution < 1.29 is 13.5 Å². The molecule has 2 saturated carbocycles. The average Bonchev–Trinajstić information content (AvgIpc) is 3.72. The summed E-state index contributed by atoms with van der Waals surface area (Å²) in [5.41, 5.74) is 3.11. The summed E-state index contributed by atoms with van der Waals surface area (Å²) in [5, 5.41) is 21.0. The standard InChI is InChI=1S/C29H36N10O3S/c1-29(40)9-6-20(7-10-29)35-24-12-27(33-15-23(24)25-16-31-21(14-32-25)18-38(2)3)36-26-8-11-30-28(37-26)19-13-34-39(17-19)43(41,42)22-4-5-22/h8,11-17,20,22,40H,4-7,9-10,18H2,1-3H3,(H2,30,33,35,36,37). The molecule has 0 radical (unpaired) electrons. The predicted octanol–water partition coefficient (Wildman–Crippen LogP) is 3.44. The van der Waals surface area contributed by atoms with Crippen LogP contribution >= 0.6 is 0 Å². The normalized spacial score (nSPS) is 20.7. The molecule has 6 rings (SSSR count). The van der Waals surface area contributed by atoms with E-state index in [2.05, 4.69) is 40.7 Å². The zero-order valence-electron chi connectivity index (χ0n) is 24.5. The molecule has 226 valence electrons. The number of hydrogen-bond acceptors (Lipinski definition) is 12. The van der Waals surface area contributed by atoms with Gasteiger partial charge in [0.2, 0.25) is 0 Å². The molecule has 4 heterocycles. The van der Waals surface area contributed by atoms with Crippen LogP contribution < -0.4 is 10.6 Å². The molecular weight excluding hydrogens is 568 g/mol. The quantitative estimate of drug-likeness (QED) is 0.242. The van der Waals surface area contributed by atoms with Gasteiger partial charge in [-0.05, 0) is 65.6 Å². The zero-order chi connectivity index (χ0) is 30.2. The number of nitrogens with zero attached hydrogens (tertiary/aromatic N) is 8. The van der Waals surface area contributed by atoms with Gasteiger partial charge >= 0.3 is 0 Å². The van der Waals surface area contributed by atoms with Crippen molar-refractivity contribution in [2.45, 2.75) is 68.9 Å². The summed E-state index contributed by atoms with van der Waals surface area (Å²) in [7, 11) is 0.498. The maximum atomic E-state index is 12.6. The van der Waals surface area contributed by atoms with Gasteiger partial charge in [-0.3, -0.25) is 9.97 Å². The molecule has 0 unspecified atom stereocenters. The van der Waals surface area contributed by atoms with Gasteiger partial charge in [-0.25, -0.2) is 23.4 Å². The number of anilines is 3. The maximum Gasteiger partial charge on any atom is 0.256 e. The fourth-order valence-corrected chi connectivity index (χ4v) is 6.60. The Labute approximate surface area is 250 Å². The monoisotopic (exact) mass is 604 g/mol. The van der Waals surface area contributed by atoms with Crippen molar-refractivity contribution in [1.29, 1.82) is 0 Å². The van der Waals surface area contributed by atoms with E-state index in [9.17, 15) is 13.5 Å². The summed E-state index contributed by atoms with van der Waals surface area (Å²) in [6.45, 7) is 2.58. The summed E-state index contributed by atoms with van der Waals surface area (Å²) in [5.74, 6) is 1.40. The number of nitrogens with one attached hydrogen (secondary N) is 2. The highest BCUT2D eigenvalue weighted by molar-refractivity contribution is 7.90. The molecule has 13 nitrogen and oxygen atoms in total. The summed E-state index contributed by atoms with van der Waals surface area (Å²) >= 11 is 0. The van der Waals surface area contributed by atoms with Crippen LogP contribution in [0.15, 0.2) is 49.3 Å². The lowest BCUT2D eigenvalue weighted by atomic mass is 9.83. The van der Waals surface area contributed by atoms with Crippen molar-refractivity contribution in [3.05, 3.63) is 55.0 Å². The summed E-state index contributed by atoms with van der Waals surface area (Å²) in [6, 6.07) is 3.82. The lowest BCUT2D eigenvalue weighted by Gasteiger charge is -2.34. The highest BCUT2D eigenvalue weighted by Crippen LogP contribution is 2.34. The number of pyridine rings is 1. The molecule has 3 N–H and O–H groups in total. The van der Waals surface area contributed by atoms with E-state index in [1.165, 1.54) is 12.4 Å². The molecule has 0 aliphatic heterocycles. The third kappa shape index (κ3) is 6.81. The number of rotatable bonds is 10. The largest absolute Gasteiger partial charge is 0.390 e. The van der Waals surface area contributed by atoms with Crippen molar-refractivity contribution in [1.82, 2.24) is 39.0 Å². The van der Waals surface area contributed by atoms with Crippen molar-refractivity contribution in [2.75, 3.05) is 24.7 Å². The van der Waals surface area contributed by atoms with Gasteiger partial charge in [-0.1, -0.05) is 0 Å². The number of aromatic nitrogens is 7. The molecule has 0 atom stereocenters. The Morgan fingerprint density at radius 3 is 2.51 bits per heavy atom. The Balaban J connectivity index is 1.25. The van der Waals surface area contributed by atoms with Crippen LogP contribution in [-0.2, 0) is 16.6 Å². The van der Waals surface area contributed by atoms with E-state index in [-0.39, 0.29) is 11.3 Å². The highest BCUT2D eigenvalue weighted by atomic mass is 32.2. The molecule has 0 amide bonds. The van der Waals surface area contributed by atoms with Crippen LogP contribution in [-0.4, -0.2) is 83.5 Å². The van der Waals surface area contributed by atoms with Gasteiger partial charge in [-0.2, -0.15) is 9.19 Å². The first-order chi connectivity index (χ1) is 20.6. The summed E-state index contributed by atoms with van der Waals surface area (Å²) in [4.78, 5) is 24.8.